The van der Waals surface area contributed by atoms with Crippen LogP contribution in [0.5, 0.6) is 0 Å². The molecule has 0 radical (unpaired) electrons. The second-order valence-electron chi connectivity index (χ2n) is 7.02. The van der Waals surface area contributed by atoms with Gasteiger partial charge in [-0.3, -0.25) is 9.69 Å². The van der Waals surface area contributed by atoms with E-state index >= 15 is 0 Å². The smallest absolute Gasteiger partial charge is 0.251 e. The lowest BCUT2D eigenvalue weighted by Crippen LogP contribution is -2.36. The lowest BCUT2D eigenvalue weighted by Gasteiger charge is -2.28. The molecule has 1 saturated heterocycles. The van der Waals surface area contributed by atoms with Crippen LogP contribution in [0.1, 0.15) is 34.8 Å². The SMILES string of the molecule is O=C(NC[C@H](c1ccccc1)N1CCCC1)c1ccc(-n2cccc2)cc1. The largest absolute Gasteiger partial charge is 0.350 e. The highest BCUT2D eigenvalue weighted by atomic mass is 16.1. The Hall–Kier alpha value is -2.85. The van der Waals surface area contributed by atoms with Crippen LogP contribution in [-0.4, -0.2) is 35.0 Å². The first-order chi connectivity index (χ1) is 13.3. The third kappa shape index (κ3) is 4.12. The van der Waals surface area contributed by atoms with Crippen molar-refractivity contribution in [1.82, 2.24) is 14.8 Å². The third-order valence-electron chi connectivity index (χ3n) is 5.25. The van der Waals surface area contributed by atoms with Crippen molar-refractivity contribution in [2.24, 2.45) is 0 Å². The zero-order valence-electron chi connectivity index (χ0n) is 15.4. The van der Waals surface area contributed by atoms with E-state index in [2.05, 4.69) is 34.5 Å². The Kier molecular flexibility index (Phi) is 5.35. The standard InChI is InChI=1S/C23H25N3O/c27-23(20-10-12-21(13-11-20)25-14-4-5-15-25)24-18-22(26-16-6-7-17-26)19-8-2-1-3-9-19/h1-5,8-15,22H,6-7,16-18H2,(H,24,27)/t22-/m1/s1. The molecule has 4 rings (SSSR count). The second-order valence-corrected chi connectivity index (χ2v) is 7.02. The molecule has 1 fully saturated rings. The van der Waals surface area contributed by atoms with Gasteiger partial charge in [0.15, 0.2) is 0 Å². The molecular formula is C23H25N3O. The summed E-state index contributed by atoms with van der Waals surface area (Å²) in [5, 5.41) is 3.14. The average molecular weight is 359 g/mol. The summed E-state index contributed by atoms with van der Waals surface area (Å²) in [5.41, 5.74) is 3.01. The van der Waals surface area contributed by atoms with E-state index in [1.165, 1.54) is 18.4 Å². The molecule has 1 atom stereocenters. The minimum atomic E-state index is -0.0193. The first-order valence-corrected chi connectivity index (χ1v) is 9.62. The molecule has 1 N–H and O–H groups in total. The van der Waals surface area contributed by atoms with Crippen molar-refractivity contribution in [2.75, 3.05) is 19.6 Å². The third-order valence-corrected chi connectivity index (χ3v) is 5.25. The number of hydrogen-bond acceptors (Lipinski definition) is 2. The van der Waals surface area contributed by atoms with E-state index in [-0.39, 0.29) is 11.9 Å². The Morgan fingerprint density at radius 3 is 2.22 bits per heavy atom. The molecule has 0 saturated carbocycles. The molecule has 0 bridgehead atoms. The fraction of sp³-hybridized carbons (Fsp3) is 0.261. The van der Waals surface area contributed by atoms with Crippen LogP contribution in [-0.2, 0) is 0 Å². The fourth-order valence-electron chi connectivity index (χ4n) is 3.77. The first-order valence-electron chi connectivity index (χ1n) is 9.62. The second kappa shape index (κ2) is 8.23. The van der Waals surface area contributed by atoms with Gasteiger partial charge in [0.25, 0.3) is 5.91 Å². The predicted octanol–water partition coefficient (Wildman–Crippen LogP) is 4.04. The maximum atomic E-state index is 12.7. The number of carbonyl (C=O) groups excluding carboxylic acids is 1. The molecule has 2 aromatic carbocycles. The summed E-state index contributed by atoms with van der Waals surface area (Å²) in [6.07, 6.45) is 6.46. The Morgan fingerprint density at radius 1 is 0.889 bits per heavy atom. The van der Waals surface area contributed by atoms with Gasteiger partial charge >= 0.3 is 0 Å². The number of carbonyl (C=O) groups is 1. The van der Waals surface area contributed by atoms with Crippen LogP contribution in [0.25, 0.3) is 5.69 Å². The van der Waals surface area contributed by atoms with Crippen LogP contribution < -0.4 is 5.32 Å². The van der Waals surface area contributed by atoms with Gasteiger partial charge in [-0.05, 0) is 67.9 Å². The van der Waals surface area contributed by atoms with Gasteiger partial charge in [0.05, 0.1) is 6.04 Å². The summed E-state index contributed by atoms with van der Waals surface area (Å²) in [5.74, 6) is -0.0193. The zero-order valence-corrected chi connectivity index (χ0v) is 15.4. The predicted molar refractivity (Wildman–Crippen MR) is 108 cm³/mol. The van der Waals surface area contributed by atoms with Crippen molar-refractivity contribution in [2.45, 2.75) is 18.9 Å². The summed E-state index contributed by atoms with van der Waals surface area (Å²) in [6, 6.07) is 22.4. The van der Waals surface area contributed by atoms with Gasteiger partial charge in [-0.25, -0.2) is 0 Å². The van der Waals surface area contributed by atoms with E-state index in [1.807, 2.05) is 59.4 Å². The number of likely N-dealkylation sites (tertiary alicyclic amines) is 1. The van der Waals surface area contributed by atoms with Crippen molar-refractivity contribution < 1.29 is 4.79 Å². The van der Waals surface area contributed by atoms with Crippen LogP contribution in [0.3, 0.4) is 0 Å². The van der Waals surface area contributed by atoms with E-state index in [0.29, 0.717) is 12.1 Å². The lowest BCUT2D eigenvalue weighted by atomic mass is 10.1. The quantitative estimate of drug-likeness (QED) is 0.721. The van der Waals surface area contributed by atoms with Gasteiger partial charge in [-0.2, -0.15) is 0 Å². The normalized spacial score (nSPS) is 15.6. The Morgan fingerprint density at radius 2 is 1.56 bits per heavy atom. The molecule has 2 heterocycles. The van der Waals surface area contributed by atoms with E-state index in [9.17, 15) is 4.79 Å². The van der Waals surface area contributed by atoms with Crippen LogP contribution in [0.4, 0.5) is 0 Å². The summed E-state index contributed by atoms with van der Waals surface area (Å²) in [7, 11) is 0. The Balaban J connectivity index is 1.43. The highest BCUT2D eigenvalue weighted by molar-refractivity contribution is 5.94. The van der Waals surface area contributed by atoms with Crippen molar-refractivity contribution >= 4 is 5.91 Å². The molecule has 1 aliphatic rings. The molecule has 1 aliphatic heterocycles. The number of aromatic nitrogens is 1. The minimum absolute atomic E-state index is 0.0193. The number of hydrogen-bond donors (Lipinski definition) is 1. The Labute approximate surface area is 160 Å². The van der Waals surface area contributed by atoms with Crippen molar-refractivity contribution in [3.8, 4) is 5.69 Å². The summed E-state index contributed by atoms with van der Waals surface area (Å²) in [4.78, 5) is 15.1. The van der Waals surface area contributed by atoms with Gasteiger partial charge in [0, 0.05) is 30.2 Å². The van der Waals surface area contributed by atoms with E-state index in [4.69, 9.17) is 0 Å². The zero-order chi connectivity index (χ0) is 18.5. The highest BCUT2D eigenvalue weighted by Crippen LogP contribution is 2.24. The molecule has 0 spiro atoms. The highest BCUT2D eigenvalue weighted by Gasteiger charge is 2.23. The van der Waals surface area contributed by atoms with Gasteiger partial charge in [0.1, 0.15) is 0 Å². The molecule has 27 heavy (non-hydrogen) atoms. The molecule has 0 aliphatic carbocycles. The maximum Gasteiger partial charge on any atom is 0.251 e. The fourth-order valence-corrected chi connectivity index (χ4v) is 3.77. The van der Waals surface area contributed by atoms with E-state index in [0.717, 1.165) is 18.8 Å². The van der Waals surface area contributed by atoms with Crippen LogP contribution in [0.15, 0.2) is 79.1 Å². The molecule has 1 aromatic heterocycles. The lowest BCUT2D eigenvalue weighted by molar-refractivity contribution is 0.0938. The summed E-state index contributed by atoms with van der Waals surface area (Å²) < 4.78 is 2.03. The van der Waals surface area contributed by atoms with E-state index in [1.54, 1.807) is 0 Å². The molecular weight excluding hydrogens is 334 g/mol. The van der Waals surface area contributed by atoms with Gasteiger partial charge in [-0.1, -0.05) is 30.3 Å². The molecule has 4 nitrogen and oxygen atoms in total. The van der Waals surface area contributed by atoms with Gasteiger partial charge in [-0.15, -0.1) is 0 Å². The van der Waals surface area contributed by atoms with E-state index < -0.39 is 0 Å². The molecule has 3 aromatic rings. The number of nitrogens with zero attached hydrogens (tertiary/aromatic N) is 2. The van der Waals surface area contributed by atoms with Crippen molar-refractivity contribution in [3.05, 3.63) is 90.3 Å². The monoisotopic (exact) mass is 359 g/mol. The molecule has 1 amide bonds. The average Bonchev–Trinajstić information content (AvgIpc) is 3.43. The topological polar surface area (TPSA) is 37.3 Å². The van der Waals surface area contributed by atoms with Crippen LogP contribution in [0.2, 0.25) is 0 Å². The Bertz CT molecular complexity index is 850. The number of rotatable bonds is 6. The number of benzene rings is 2. The molecule has 4 heteroatoms. The van der Waals surface area contributed by atoms with Gasteiger partial charge in [0.2, 0.25) is 0 Å². The number of amides is 1. The minimum Gasteiger partial charge on any atom is -0.350 e. The first kappa shape index (κ1) is 17.6. The molecule has 0 unspecified atom stereocenters. The van der Waals surface area contributed by atoms with Crippen molar-refractivity contribution in [1.29, 1.82) is 0 Å². The number of nitrogens with one attached hydrogen (secondary N) is 1. The van der Waals surface area contributed by atoms with Crippen molar-refractivity contribution in [3.63, 3.8) is 0 Å². The maximum absolute atomic E-state index is 12.7. The molecule has 138 valence electrons. The van der Waals surface area contributed by atoms with Gasteiger partial charge < -0.3 is 9.88 Å². The van der Waals surface area contributed by atoms with Crippen LogP contribution in [0, 0.1) is 0 Å². The van der Waals surface area contributed by atoms with Crippen LogP contribution >= 0.6 is 0 Å². The summed E-state index contributed by atoms with van der Waals surface area (Å²) in [6.45, 7) is 2.82. The summed E-state index contributed by atoms with van der Waals surface area (Å²) >= 11 is 0.